The summed E-state index contributed by atoms with van der Waals surface area (Å²) in [5, 5.41) is 7.92. The van der Waals surface area contributed by atoms with Crippen molar-refractivity contribution in [2.75, 3.05) is 18.9 Å². The van der Waals surface area contributed by atoms with Gasteiger partial charge in [-0.15, -0.1) is 0 Å². The average molecular weight is 307 g/mol. The van der Waals surface area contributed by atoms with E-state index < -0.39 is 0 Å². The van der Waals surface area contributed by atoms with E-state index in [0.717, 1.165) is 36.7 Å². The summed E-state index contributed by atoms with van der Waals surface area (Å²) >= 11 is 0. The van der Waals surface area contributed by atoms with Gasteiger partial charge in [0.05, 0.1) is 6.20 Å². The molecule has 0 unspecified atom stereocenters. The molecular formula is C18H21N5. The summed E-state index contributed by atoms with van der Waals surface area (Å²) in [7, 11) is 2.20. The van der Waals surface area contributed by atoms with Crippen LogP contribution in [0.15, 0.2) is 42.6 Å². The minimum atomic E-state index is 0.476. The molecule has 0 amide bonds. The van der Waals surface area contributed by atoms with Crippen LogP contribution in [-0.4, -0.2) is 39.1 Å². The predicted octanol–water partition coefficient (Wildman–Crippen LogP) is 2.51. The topological polar surface area (TPSA) is 45.5 Å². The van der Waals surface area contributed by atoms with Gasteiger partial charge in [0.15, 0.2) is 5.65 Å². The van der Waals surface area contributed by atoms with Crippen LogP contribution in [0.25, 0.3) is 5.65 Å². The van der Waals surface area contributed by atoms with E-state index in [1.54, 1.807) is 6.20 Å². The van der Waals surface area contributed by atoms with Crippen LogP contribution in [0.1, 0.15) is 16.8 Å². The van der Waals surface area contributed by atoms with Crippen LogP contribution >= 0.6 is 0 Å². The molecule has 0 saturated carbocycles. The van der Waals surface area contributed by atoms with E-state index in [1.807, 2.05) is 17.5 Å². The maximum atomic E-state index is 4.49. The van der Waals surface area contributed by atoms with Crippen molar-refractivity contribution in [1.29, 1.82) is 0 Å². The number of fused-ring (bicyclic) bond motifs is 2. The number of nitrogens with zero attached hydrogens (tertiary/aromatic N) is 4. The van der Waals surface area contributed by atoms with Crippen LogP contribution in [0.2, 0.25) is 0 Å². The summed E-state index contributed by atoms with van der Waals surface area (Å²) in [5.74, 6) is 1.00. The zero-order valence-corrected chi connectivity index (χ0v) is 13.5. The van der Waals surface area contributed by atoms with Crippen LogP contribution in [0, 0.1) is 6.92 Å². The van der Waals surface area contributed by atoms with Crippen LogP contribution in [0.5, 0.6) is 0 Å². The lowest BCUT2D eigenvalue weighted by Crippen LogP contribution is -2.42. The quantitative estimate of drug-likeness (QED) is 0.807. The standard InChI is InChI=1S/C18H21N5/c1-13-9-18(23-17(21-13)7-8-20-23)19-11-16-10-14-5-3-4-6-15(14)12-22(16)2/h3-9,16,19H,10-12H2,1-2H3/t16-/m0/s1. The van der Waals surface area contributed by atoms with E-state index in [-0.39, 0.29) is 0 Å². The van der Waals surface area contributed by atoms with Gasteiger partial charge < -0.3 is 5.32 Å². The van der Waals surface area contributed by atoms with E-state index in [1.165, 1.54) is 11.1 Å². The van der Waals surface area contributed by atoms with Gasteiger partial charge in [-0.3, -0.25) is 4.90 Å². The Morgan fingerprint density at radius 1 is 1.22 bits per heavy atom. The maximum Gasteiger partial charge on any atom is 0.157 e. The molecule has 23 heavy (non-hydrogen) atoms. The van der Waals surface area contributed by atoms with E-state index in [4.69, 9.17) is 0 Å². The summed E-state index contributed by atoms with van der Waals surface area (Å²) in [6.45, 7) is 3.92. The normalized spacial score (nSPS) is 18.1. The molecule has 0 fully saturated rings. The van der Waals surface area contributed by atoms with Crippen molar-refractivity contribution in [2.45, 2.75) is 25.9 Å². The van der Waals surface area contributed by atoms with Crippen LogP contribution in [0.4, 0.5) is 5.82 Å². The highest BCUT2D eigenvalue weighted by Gasteiger charge is 2.23. The van der Waals surface area contributed by atoms with Gasteiger partial charge in [0.25, 0.3) is 0 Å². The Morgan fingerprint density at radius 2 is 2.04 bits per heavy atom. The Kier molecular flexibility index (Phi) is 3.50. The van der Waals surface area contributed by atoms with Crippen LogP contribution in [0.3, 0.4) is 0 Å². The molecule has 5 nitrogen and oxygen atoms in total. The van der Waals surface area contributed by atoms with E-state index in [2.05, 4.69) is 57.7 Å². The van der Waals surface area contributed by atoms with Gasteiger partial charge in [-0.1, -0.05) is 24.3 Å². The summed E-state index contributed by atoms with van der Waals surface area (Å²) < 4.78 is 1.86. The lowest BCUT2D eigenvalue weighted by Gasteiger charge is -2.34. The molecule has 4 rings (SSSR count). The highest BCUT2D eigenvalue weighted by atomic mass is 15.3. The molecule has 1 N–H and O–H groups in total. The smallest absolute Gasteiger partial charge is 0.157 e. The summed E-state index contributed by atoms with van der Waals surface area (Å²) in [4.78, 5) is 6.91. The molecule has 0 aliphatic carbocycles. The molecular weight excluding hydrogens is 286 g/mol. The summed E-state index contributed by atoms with van der Waals surface area (Å²) in [6.07, 6.45) is 2.86. The Balaban J connectivity index is 1.53. The third-order valence-corrected chi connectivity index (χ3v) is 4.62. The minimum Gasteiger partial charge on any atom is -0.368 e. The zero-order chi connectivity index (χ0) is 15.8. The Morgan fingerprint density at radius 3 is 2.91 bits per heavy atom. The number of anilines is 1. The van der Waals surface area contributed by atoms with Crippen molar-refractivity contribution in [2.24, 2.45) is 0 Å². The fourth-order valence-electron chi connectivity index (χ4n) is 3.33. The number of nitrogens with one attached hydrogen (secondary N) is 1. The molecule has 0 radical (unpaired) electrons. The van der Waals surface area contributed by atoms with Gasteiger partial charge >= 0.3 is 0 Å². The molecule has 3 heterocycles. The minimum absolute atomic E-state index is 0.476. The van der Waals surface area contributed by atoms with Crippen LogP contribution in [-0.2, 0) is 13.0 Å². The molecule has 2 aromatic heterocycles. The number of aromatic nitrogens is 3. The fraction of sp³-hybridized carbons (Fsp3) is 0.333. The van der Waals surface area contributed by atoms with Crippen molar-refractivity contribution in [1.82, 2.24) is 19.5 Å². The summed E-state index contributed by atoms with van der Waals surface area (Å²) in [5.41, 5.74) is 4.80. The first kappa shape index (κ1) is 14.2. The molecule has 118 valence electrons. The van der Waals surface area contributed by atoms with Gasteiger partial charge in [0, 0.05) is 37.0 Å². The first-order chi connectivity index (χ1) is 11.2. The second-order valence-electron chi connectivity index (χ2n) is 6.31. The number of benzene rings is 1. The second-order valence-corrected chi connectivity index (χ2v) is 6.31. The lowest BCUT2D eigenvalue weighted by atomic mass is 9.94. The van der Waals surface area contributed by atoms with Gasteiger partial charge in [0.2, 0.25) is 0 Å². The van der Waals surface area contributed by atoms with Crippen LogP contribution < -0.4 is 5.32 Å². The third-order valence-electron chi connectivity index (χ3n) is 4.62. The SMILES string of the molecule is Cc1cc(NC[C@@H]2Cc3ccccc3CN2C)n2nccc2n1. The third kappa shape index (κ3) is 2.68. The van der Waals surface area contributed by atoms with Crippen molar-refractivity contribution >= 4 is 11.5 Å². The van der Waals surface area contributed by atoms with E-state index >= 15 is 0 Å². The van der Waals surface area contributed by atoms with E-state index in [0.29, 0.717) is 6.04 Å². The van der Waals surface area contributed by atoms with Crippen molar-refractivity contribution in [3.63, 3.8) is 0 Å². The Hall–Kier alpha value is -2.40. The second kappa shape index (κ2) is 5.66. The number of likely N-dealkylation sites (N-methyl/N-ethyl adjacent to an activating group) is 1. The average Bonchev–Trinajstić information content (AvgIpc) is 3.00. The highest BCUT2D eigenvalue weighted by Crippen LogP contribution is 2.22. The van der Waals surface area contributed by atoms with E-state index in [9.17, 15) is 0 Å². The number of rotatable bonds is 3. The maximum absolute atomic E-state index is 4.49. The first-order valence-corrected chi connectivity index (χ1v) is 8.03. The van der Waals surface area contributed by atoms with Gasteiger partial charge in [-0.2, -0.15) is 9.61 Å². The highest BCUT2D eigenvalue weighted by molar-refractivity contribution is 5.49. The predicted molar refractivity (Wildman–Crippen MR) is 91.6 cm³/mol. The molecule has 1 aliphatic rings. The van der Waals surface area contributed by atoms with Gasteiger partial charge in [0.1, 0.15) is 5.82 Å². The fourth-order valence-corrected chi connectivity index (χ4v) is 3.33. The Labute approximate surface area is 136 Å². The molecule has 1 aromatic carbocycles. The molecule has 1 aliphatic heterocycles. The van der Waals surface area contributed by atoms with Gasteiger partial charge in [-0.05, 0) is 31.5 Å². The monoisotopic (exact) mass is 307 g/mol. The lowest BCUT2D eigenvalue weighted by molar-refractivity contribution is 0.224. The first-order valence-electron chi connectivity index (χ1n) is 8.03. The molecule has 0 saturated heterocycles. The van der Waals surface area contributed by atoms with Crippen molar-refractivity contribution < 1.29 is 0 Å². The molecule has 1 atom stereocenters. The largest absolute Gasteiger partial charge is 0.368 e. The molecule has 0 spiro atoms. The zero-order valence-electron chi connectivity index (χ0n) is 13.5. The molecule has 5 heteroatoms. The number of aryl methyl sites for hydroxylation is 1. The van der Waals surface area contributed by atoms with Crippen molar-refractivity contribution in [3.8, 4) is 0 Å². The molecule has 0 bridgehead atoms. The summed E-state index contributed by atoms with van der Waals surface area (Å²) in [6, 6.07) is 13.2. The van der Waals surface area contributed by atoms with Gasteiger partial charge in [-0.25, -0.2) is 4.98 Å². The number of hydrogen-bond acceptors (Lipinski definition) is 4. The van der Waals surface area contributed by atoms with Crippen molar-refractivity contribution in [3.05, 3.63) is 59.4 Å². The number of hydrogen-bond donors (Lipinski definition) is 1. The molecule has 3 aromatic rings. The Bertz CT molecular complexity index is 838.